The maximum absolute atomic E-state index is 6.01. The summed E-state index contributed by atoms with van der Waals surface area (Å²) in [5.74, 6) is 0.809. The van der Waals surface area contributed by atoms with E-state index in [1.807, 2.05) is 48.0 Å². The second-order valence-electron chi connectivity index (χ2n) is 4.89. The Morgan fingerprint density at radius 3 is 2.90 bits per heavy atom. The quantitative estimate of drug-likeness (QED) is 0.716. The lowest BCUT2D eigenvalue weighted by molar-refractivity contribution is 0.867. The van der Waals surface area contributed by atoms with Crippen LogP contribution >= 0.6 is 0 Å². The van der Waals surface area contributed by atoms with Crippen molar-refractivity contribution in [3.05, 3.63) is 54.0 Å². The maximum Gasteiger partial charge on any atom is 0.152 e. The molecule has 3 aromatic rings. The van der Waals surface area contributed by atoms with Crippen LogP contribution in [0.5, 0.6) is 0 Å². The molecule has 2 aromatic heterocycles. The minimum atomic E-state index is 0.0742. The third kappa shape index (κ3) is 2.18. The topological polar surface area (TPSA) is 68.2 Å². The number of hydrogen-bond acceptors (Lipinski definition) is 4. The van der Waals surface area contributed by atoms with Crippen molar-refractivity contribution in [3.8, 4) is 0 Å². The van der Waals surface area contributed by atoms with Gasteiger partial charge in [-0.2, -0.15) is 5.10 Å². The molecule has 0 radical (unpaired) electrons. The average molecular weight is 267 g/mol. The van der Waals surface area contributed by atoms with Crippen molar-refractivity contribution in [1.29, 1.82) is 0 Å². The summed E-state index contributed by atoms with van der Waals surface area (Å²) in [5, 5.41) is 7.79. The van der Waals surface area contributed by atoms with Gasteiger partial charge in [0.25, 0.3) is 0 Å². The van der Waals surface area contributed by atoms with Crippen LogP contribution in [-0.4, -0.2) is 14.6 Å². The number of nitrogens with zero attached hydrogens (tertiary/aromatic N) is 3. The molecule has 0 fully saturated rings. The molecule has 0 aliphatic rings. The van der Waals surface area contributed by atoms with Crippen molar-refractivity contribution < 1.29 is 0 Å². The Morgan fingerprint density at radius 2 is 2.10 bits per heavy atom. The molecule has 0 saturated carbocycles. The van der Waals surface area contributed by atoms with Gasteiger partial charge >= 0.3 is 0 Å². The highest BCUT2D eigenvalue weighted by Crippen LogP contribution is 2.25. The van der Waals surface area contributed by atoms with Crippen LogP contribution in [-0.2, 0) is 0 Å². The SMILES string of the molecule is Cc1cc2c(NC(C)c3ccccc3N)nccn2n1. The molecule has 2 heterocycles. The van der Waals surface area contributed by atoms with E-state index in [1.165, 1.54) is 0 Å². The summed E-state index contributed by atoms with van der Waals surface area (Å²) in [7, 11) is 0. The molecule has 0 amide bonds. The van der Waals surface area contributed by atoms with E-state index >= 15 is 0 Å². The van der Waals surface area contributed by atoms with Crippen LogP contribution in [0.25, 0.3) is 5.52 Å². The lowest BCUT2D eigenvalue weighted by atomic mass is 10.1. The summed E-state index contributed by atoms with van der Waals surface area (Å²) in [6.45, 7) is 4.04. The number of benzene rings is 1. The third-order valence-electron chi connectivity index (χ3n) is 3.33. The van der Waals surface area contributed by atoms with Crippen molar-refractivity contribution in [3.63, 3.8) is 0 Å². The first-order valence-corrected chi connectivity index (χ1v) is 6.57. The van der Waals surface area contributed by atoms with Crippen molar-refractivity contribution in [2.45, 2.75) is 19.9 Å². The third-order valence-corrected chi connectivity index (χ3v) is 3.33. The van der Waals surface area contributed by atoms with Crippen LogP contribution in [0.1, 0.15) is 24.2 Å². The molecule has 3 N–H and O–H groups in total. The molecular weight excluding hydrogens is 250 g/mol. The Kier molecular flexibility index (Phi) is 3.02. The van der Waals surface area contributed by atoms with E-state index in [9.17, 15) is 0 Å². The molecule has 5 heteroatoms. The Morgan fingerprint density at radius 1 is 1.30 bits per heavy atom. The minimum Gasteiger partial charge on any atom is -0.398 e. The molecule has 3 rings (SSSR count). The maximum atomic E-state index is 6.01. The molecule has 0 spiro atoms. The number of hydrogen-bond donors (Lipinski definition) is 2. The van der Waals surface area contributed by atoms with E-state index in [0.29, 0.717) is 0 Å². The number of nitrogen functional groups attached to an aromatic ring is 1. The molecule has 1 aromatic carbocycles. The Hall–Kier alpha value is -2.56. The highest BCUT2D eigenvalue weighted by molar-refractivity contribution is 5.68. The second-order valence-corrected chi connectivity index (χ2v) is 4.89. The van der Waals surface area contributed by atoms with E-state index in [2.05, 4.69) is 22.3 Å². The largest absolute Gasteiger partial charge is 0.398 e. The monoisotopic (exact) mass is 267 g/mol. The number of rotatable bonds is 3. The molecule has 20 heavy (non-hydrogen) atoms. The average Bonchev–Trinajstić information content (AvgIpc) is 2.80. The highest BCUT2D eigenvalue weighted by atomic mass is 15.2. The number of aryl methyl sites for hydroxylation is 1. The lowest BCUT2D eigenvalue weighted by Crippen LogP contribution is -2.11. The summed E-state index contributed by atoms with van der Waals surface area (Å²) in [6, 6.07) is 9.94. The van der Waals surface area contributed by atoms with Crippen LogP contribution in [0.4, 0.5) is 11.5 Å². The van der Waals surface area contributed by atoms with Gasteiger partial charge in [-0.05, 0) is 31.5 Å². The standard InChI is InChI=1S/C15H17N5/c1-10-9-14-15(17-7-8-20(14)19-10)18-11(2)12-5-3-4-6-13(12)16/h3-9,11H,16H2,1-2H3,(H,17,18). The summed E-state index contributed by atoms with van der Waals surface area (Å²) in [5.41, 5.74) is 9.79. The van der Waals surface area contributed by atoms with E-state index in [-0.39, 0.29) is 6.04 Å². The smallest absolute Gasteiger partial charge is 0.152 e. The number of nitrogens with one attached hydrogen (secondary N) is 1. The van der Waals surface area contributed by atoms with Gasteiger partial charge in [0, 0.05) is 18.1 Å². The first kappa shape index (κ1) is 12.5. The van der Waals surface area contributed by atoms with Crippen molar-refractivity contribution in [2.75, 3.05) is 11.1 Å². The molecule has 0 aliphatic carbocycles. The predicted octanol–water partition coefficient (Wildman–Crippen LogP) is 2.79. The molecule has 1 unspecified atom stereocenters. The van der Waals surface area contributed by atoms with Gasteiger partial charge in [0.2, 0.25) is 0 Å². The van der Waals surface area contributed by atoms with Gasteiger partial charge in [0.1, 0.15) is 5.52 Å². The first-order valence-electron chi connectivity index (χ1n) is 6.57. The number of nitrogens with two attached hydrogens (primary N) is 1. The Labute approximate surface area is 117 Å². The van der Waals surface area contributed by atoms with Crippen LogP contribution in [0.2, 0.25) is 0 Å². The minimum absolute atomic E-state index is 0.0742. The highest BCUT2D eigenvalue weighted by Gasteiger charge is 2.11. The van der Waals surface area contributed by atoms with E-state index in [0.717, 1.165) is 28.3 Å². The van der Waals surface area contributed by atoms with Gasteiger partial charge in [-0.3, -0.25) is 0 Å². The fraction of sp³-hybridized carbons (Fsp3) is 0.200. The number of para-hydroxylation sites is 1. The van der Waals surface area contributed by atoms with Crippen LogP contribution in [0, 0.1) is 6.92 Å². The van der Waals surface area contributed by atoms with Gasteiger partial charge in [0.15, 0.2) is 5.82 Å². The Balaban J connectivity index is 1.95. The first-order chi connectivity index (χ1) is 9.65. The van der Waals surface area contributed by atoms with Crippen LogP contribution in [0.3, 0.4) is 0 Å². The number of fused-ring (bicyclic) bond motifs is 1. The molecule has 102 valence electrons. The van der Waals surface area contributed by atoms with Gasteiger partial charge in [-0.15, -0.1) is 0 Å². The molecular formula is C15H17N5. The summed E-state index contributed by atoms with van der Waals surface area (Å²) in [4.78, 5) is 4.40. The van der Waals surface area contributed by atoms with E-state index < -0.39 is 0 Å². The molecule has 0 saturated heterocycles. The van der Waals surface area contributed by atoms with Gasteiger partial charge in [0.05, 0.1) is 11.7 Å². The fourth-order valence-corrected chi connectivity index (χ4v) is 2.34. The van der Waals surface area contributed by atoms with Crippen molar-refractivity contribution in [2.24, 2.45) is 0 Å². The number of aromatic nitrogens is 3. The van der Waals surface area contributed by atoms with Crippen LogP contribution < -0.4 is 11.1 Å². The van der Waals surface area contributed by atoms with Crippen molar-refractivity contribution in [1.82, 2.24) is 14.6 Å². The summed E-state index contributed by atoms with van der Waals surface area (Å²) < 4.78 is 1.83. The van der Waals surface area contributed by atoms with Gasteiger partial charge in [-0.25, -0.2) is 9.50 Å². The number of anilines is 2. The van der Waals surface area contributed by atoms with E-state index in [1.54, 1.807) is 6.20 Å². The van der Waals surface area contributed by atoms with Gasteiger partial charge < -0.3 is 11.1 Å². The molecule has 0 bridgehead atoms. The predicted molar refractivity (Wildman–Crippen MR) is 80.6 cm³/mol. The summed E-state index contributed by atoms with van der Waals surface area (Å²) >= 11 is 0. The van der Waals surface area contributed by atoms with E-state index in [4.69, 9.17) is 5.73 Å². The van der Waals surface area contributed by atoms with Crippen LogP contribution in [0.15, 0.2) is 42.7 Å². The van der Waals surface area contributed by atoms with Gasteiger partial charge in [-0.1, -0.05) is 18.2 Å². The zero-order valence-electron chi connectivity index (χ0n) is 11.5. The molecule has 5 nitrogen and oxygen atoms in total. The second kappa shape index (κ2) is 4.85. The molecule has 0 aliphatic heterocycles. The summed E-state index contributed by atoms with van der Waals surface area (Å²) in [6.07, 6.45) is 3.58. The molecule has 1 atom stereocenters. The lowest BCUT2D eigenvalue weighted by Gasteiger charge is -2.17. The normalized spacial score (nSPS) is 12.5. The zero-order valence-corrected chi connectivity index (χ0v) is 11.5. The fourth-order valence-electron chi connectivity index (χ4n) is 2.34. The van der Waals surface area contributed by atoms with Crippen molar-refractivity contribution >= 4 is 17.0 Å². The Bertz CT molecular complexity index is 747. The zero-order chi connectivity index (χ0) is 14.1.